The topological polar surface area (TPSA) is 72.9 Å². The predicted molar refractivity (Wildman–Crippen MR) is 149 cm³/mol. The minimum Gasteiger partial charge on any atom is -0.449 e. The summed E-state index contributed by atoms with van der Waals surface area (Å²) in [5.41, 5.74) is -8.12. The maximum absolute atomic E-state index is 14.4. The molecular weight excluding hydrogens is 669 g/mol. The van der Waals surface area contributed by atoms with E-state index in [0.29, 0.717) is 24.3 Å². The van der Waals surface area contributed by atoms with Crippen LogP contribution in [0.3, 0.4) is 0 Å². The summed E-state index contributed by atoms with van der Waals surface area (Å²) < 4.78 is 164. The highest BCUT2D eigenvalue weighted by Crippen LogP contribution is 2.54. The Morgan fingerprint density at radius 3 is 1.94 bits per heavy atom. The lowest BCUT2D eigenvalue weighted by Crippen LogP contribution is -2.56. The number of sulfone groups is 1. The summed E-state index contributed by atoms with van der Waals surface area (Å²) in [7, 11) is -4.60. The van der Waals surface area contributed by atoms with Crippen molar-refractivity contribution in [3.8, 4) is 0 Å². The van der Waals surface area contributed by atoms with Gasteiger partial charge in [-0.25, -0.2) is 26.4 Å². The van der Waals surface area contributed by atoms with Gasteiger partial charge in [-0.05, 0) is 54.3 Å². The zero-order valence-corrected chi connectivity index (χ0v) is 25.6. The molecule has 0 radical (unpaired) electrons. The molecule has 3 aromatic carbocycles. The Bertz CT molecular complexity index is 1660. The molecule has 1 aliphatic rings. The summed E-state index contributed by atoms with van der Waals surface area (Å²) in [6, 6.07) is 7.85. The molecule has 0 saturated carbocycles. The average Bonchev–Trinajstić information content (AvgIpc) is 3.44. The highest BCUT2D eigenvalue weighted by atomic mass is 32.2. The quantitative estimate of drug-likeness (QED) is 0.169. The van der Waals surface area contributed by atoms with Gasteiger partial charge in [0, 0.05) is 24.2 Å². The molecule has 47 heavy (non-hydrogen) atoms. The monoisotopic (exact) mass is 697 g/mol. The number of amides is 1. The SMILES string of the molecule is CC(C)COC(=O)N1CCC(c2ccc(C(OCc3c(F)cccc3F)(C(F)(F)F)C(F)(F)F)cc2)(S(=O)(=O)c2ccc(F)cc2)C1. The van der Waals surface area contributed by atoms with Crippen molar-refractivity contribution in [1.29, 1.82) is 0 Å². The van der Waals surface area contributed by atoms with Gasteiger partial charge in [0.1, 0.15) is 22.2 Å². The third-order valence-corrected chi connectivity index (χ3v) is 10.3. The van der Waals surface area contributed by atoms with E-state index >= 15 is 0 Å². The molecular formula is C31H28F9NO5S. The maximum atomic E-state index is 14.4. The van der Waals surface area contributed by atoms with Crippen molar-refractivity contribution >= 4 is 15.9 Å². The fourth-order valence-electron chi connectivity index (χ4n) is 5.31. The summed E-state index contributed by atoms with van der Waals surface area (Å²) >= 11 is 0. The van der Waals surface area contributed by atoms with Crippen molar-refractivity contribution in [3.63, 3.8) is 0 Å². The van der Waals surface area contributed by atoms with E-state index in [1.165, 1.54) is 0 Å². The van der Waals surface area contributed by atoms with Crippen LogP contribution in [0.2, 0.25) is 0 Å². The van der Waals surface area contributed by atoms with Gasteiger partial charge in [0.2, 0.25) is 0 Å². The number of carbonyl (C=O) groups excluding carboxylic acids is 1. The minimum absolute atomic E-state index is 0.0184. The number of nitrogens with zero attached hydrogens (tertiary/aromatic N) is 1. The molecule has 4 rings (SSSR count). The molecule has 0 aliphatic carbocycles. The van der Waals surface area contributed by atoms with Crippen LogP contribution in [0.5, 0.6) is 0 Å². The second-order valence-corrected chi connectivity index (χ2v) is 13.6. The molecule has 1 fully saturated rings. The molecule has 6 nitrogen and oxygen atoms in total. The molecule has 1 unspecified atom stereocenters. The number of halogens is 9. The normalized spacial score (nSPS) is 17.7. The third-order valence-electron chi connectivity index (χ3n) is 7.78. The first kappa shape index (κ1) is 36.1. The van der Waals surface area contributed by atoms with Crippen LogP contribution >= 0.6 is 0 Å². The van der Waals surface area contributed by atoms with E-state index in [4.69, 9.17) is 4.74 Å². The summed E-state index contributed by atoms with van der Waals surface area (Å²) in [5, 5.41) is 0. The van der Waals surface area contributed by atoms with Gasteiger partial charge in [0.05, 0.1) is 18.1 Å². The molecule has 16 heteroatoms. The van der Waals surface area contributed by atoms with Crippen LogP contribution in [-0.2, 0) is 36.3 Å². The first-order valence-corrected chi connectivity index (χ1v) is 15.5. The smallest absolute Gasteiger partial charge is 0.430 e. The van der Waals surface area contributed by atoms with E-state index in [1.807, 2.05) is 0 Å². The molecule has 0 bridgehead atoms. The van der Waals surface area contributed by atoms with Crippen molar-refractivity contribution < 1.29 is 62.2 Å². The number of likely N-dealkylation sites (tertiary alicyclic amines) is 1. The molecule has 1 saturated heterocycles. The van der Waals surface area contributed by atoms with Crippen LogP contribution in [0.25, 0.3) is 0 Å². The number of hydrogen-bond donors (Lipinski definition) is 0. The predicted octanol–water partition coefficient (Wildman–Crippen LogP) is 7.81. The average molecular weight is 698 g/mol. The molecule has 3 aromatic rings. The fourth-order valence-corrected chi connectivity index (χ4v) is 7.39. The van der Waals surface area contributed by atoms with Crippen molar-refractivity contribution in [2.75, 3.05) is 19.7 Å². The maximum Gasteiger partial charge on any atom is 0.430 e. The second kappa shape index (κ2) is 13.0. The summed E-state index contributed by atoms with van der Waals surface area (Å²) in [4.78, 5) is 13.4. The van der Waals surface area contributed by atoms with Gasteiger partial charge in [-0.1, -0.05) is 44.2 Å². The first-order valence-electron chi connectivity index (χ1n) is 14.0. The third kappa shape index (κ3) is 6.66. The van der Waals surface area contributed by atoms with Crippen molar-refractivity contribution in [3.05, 3.63) is 101 Å². The Kier molecular flexibility index (Phi) is 9.98. The standard InChI is InChI=1S/C31H28F9NO5S/c1-19(2)16-45-27(42)41-15-14-28(18-41,47(43,44)23-12-10-22(32)11-13-23)20-6-8-21(9-7-20)29(30(35,36)37,31(38,39)40)46-17-24-25(33)4-3-5-26(24)34/h3-13,19H,14-18H2,1-2H3. The van der Waals surface area contributed by atoms with Crippen LogP contribution in [0.15, 0.2) is 71.6 Å². The van der Waals surface area contributed by atoms with Gasteiger partial charge in [0.15, 0.2) is 9.84 Å². The largest absolute Gasteiger partial charge is 0.449 e. The summed E-state index contributed by atoms with van der Waals surface area (Å²) in [6.45, 7) is 0.896. The number of ether oxygens (including phenoxy) is 2. The lowest BCUT2D eigenvalue weighted by molar-refractivity contribution is -0.392. The molecule has 1 aliphatic heterocycles. The van der Waals surface area contributed by atoms with Crippen LogP contribution in [0, 0.1) is 23.4 Å². The summed E-state index contributed by atoms with van der Waals surface area (Å²) in [5.74, 6) is -3.74. The number of carbonyl (C=O) groups is 1. The van der Waals surface area contributed by atoms with Gasteiger partial charge in [-0.3, -0.25) is 0 Å². The van der Waals surface area contributed by atoms with Gasteiger partial charge >= 0.3 is 18.4 Å². The Labute approximate surface area is 264 Å². The van der Waals surface area contributed by atoms with Gasteiger partial charge in [-0.15, -0.1) is 0 Å². The van der Waals surface area contributed by atoms with Crippen LogP contribution in [0.4, 0.5) is 44.3 Å². The zero-order valence-electron chi connectivity index (χ0n) is 24.8. The van der Waals surface area contributed by atoms with Gasteiger partial charge in [-0.2, -0.15) is 26.3 Å². The second-order valence-electron chi connectivity index (χ2n) is 11.3. The zero-order chi connectivity index (χ0) is 35.0. The van der Waals surface area contributed by atoms with E-state index in [2.05, 4.69) is 4.74 Å². The van der Waals surface area contributed by atoms with Gasteiger partial charge in [0.25, 0.3) is 5.60 Å². The Balaban J connectivity index is 1.83. The molecule has 0 N–H and O–H groups in total. The Morgan fingerprint density at radius 2 is 1.43 bits per heavy atom. The van der Waals surface area contributed by atoms with Crippen molar-refractivity contribution in [2.24, 2.45) is 5.92 Å². The van der Waals surface area contributed by atoms with Crippen molar-refractivity contribution in [2.45, 2.75) is 54.5 Å². The Morgan fingerprint density at radius 1 is 0.872 bits per heavy atom. The van der Waals surface area contributed by atoms with E-state index in [0.717, 1.165) is 47.4 Å². The van der Waals surface area contributed by atoms with Crippen molar-refractivity contribution in [1.82, 2.24) is 4.90 Å². The fraction of sp³-hybridized carbons (Fsp3) is 0.387. The molecule has 1 amide bonds. The van der Waals surface area contributed by atoms with Crippen LogP contribution in [0.1, 0.15) is 37.0 Å². The van der Waals surface area contributed by atoms with Gasteiger partial charge < -0.3 is 14.4 Å². The number of hydrogen-bond acceptors (Lipinski definition) is 5. The molecule has 0 aromatic heterocycles. The number of alkyl halides is 6. The first-order chi connectivity index (χ1) is 21.8. The Hall–Kier alpha value is -3.79. The molecule has 0 spiro atoms. The summed E-state index contributed by atoms with van der Waals surface area (Å²) in [6.07, 6.45) is -13.7. The minimum atomic E-state index is -6.23. The van der Waals surface area contributed by atoms with E-state index in [9.17, 15) is 52.7 Å². The number of rotatable bonds is 9. The van der Waals surface area contributed by atoms with Crippen LogP contribution in [-0.4, -0.2) is 51.5 Å². The molecule has 256 valence electrons. The highest BCUT2D eigenvalue weighted by Gasteiger charge is 2.73. The molecule has 1 atom stereocenters. The van der Waals surface area contributed by atoms with E-state index in [-0.39, 0.29) is 31.1 Å². The lowest BCUT2D eigenvalue weighted by Gasteiger charge is -2.38. The van der Waals surface area contributed by atoms with E-state index in [1.54, 1.807) is 13.8 Å². The number of benzene rings is 3. The lowest BCUT2D eigenvalue weighted by atomic mass is 9.88. The van der Waals surface area contributed by atoms with E-state index < -0.39 is 85.3 Å². The van der Waals surface area contributed by atoms with Crippen LogP contribution < -0.4 is 0 Å². The molecule has 1 heterocycles. The highest BCUT2D eigenvalue weighted by molar-refractivity contribution is 7.92.